The first-order valence-electron chi connectivity index (χ1n) is 4.08. The van der Waals surface area contributed by atoms with E-state index in [1.807, 2.05) is 7.05 Å². The third-order valence-corrected chi connectivity index (χ3v) is 2.38. The second kappa shape index (κ2) is 4.79. The summed E-state index contributed by atoms with van der Waals surface area (Å²) in [7, 11) is 3.27. The summed E-state index contributed by atoms with van der Waals surface area (Å²) in [5, 5.41) is 9.76. The fourth-order valence-electron chi connectivity index (χ4n) is 1.38. The molecule has 0 saturated carbocycles. The number of carbonyl (C=O) groups excluding carboxylic acids is 1. The molecule has 0 bridgehead atoms. The van der Waals surface area contributed by atoms with Gasteiger partial charge in [0.2, 0.25) is 0 Å². The Morgan fingerprint density at radius 2 is 1.92 bits per heavy atom. The Labute approximate surface area is 84.3 Å². The maximum Gasteiger partial charge on any atom is 0.337 e. The number of aliphatic hydroxyl groups is 1. The van der Waals surface area contributed by atoms with Gasteiger partial charge in [0.05, 0.1) is 7.11 Å². The Morgan fingerprint density at radius 3 is 2.31 bits per heavy atom. The van der Waals surface area contributed by atoms with Gasteiger partial charge in [-0.15, -0.1) is 12.4 Å². The molecule has 0 spiro atoms. The Balaban J connectivity index is 0.00000144. The van der Waals surface area contributed by atoms with Crippen LogP contribution in [0.1, 0.15) is 12.8 Å². The molecule has 0 aromatic heterocycles. The van der Waals surface area contributed by atoms with E-state index in [0.29, 0.717) is 12.8 Å². The molecule has 1 heterocycles. The van der Waals surface area contributed by atoms with Crippen molar-refractivity contribution in [2.75, 3.05) is 27.2 Å². The van der Waals surface area contributed by atoms with Crippen molar-refractivity contribution in [3.8, 4) is 0 Å². The minimum atomic E-state index is -1.23. The zero-order valence-electron chi connectivity index (χ0n) is 7.95. The molecule has 13 heavy (non-hydrogen) atoms. The normalized spacial score (nSPS) is 21.8. The summed E-state index contributed by atoms with van der Waals surface area (Å²) < 4.78 is 4.52. The Morgan fingerprint density at radius 1 is 1.46 bits per heavy atom. The van der Waals surface area contributed by atoms with E-state index in [-0.39, 0.29) is 12.4 Å². The van der Waals surface area contributed by atoms with Crippen LogP contribution in [0.2, 0.25) is 0 Å². The second-order valence-corrected chi connectivity index (χ2v) is 3.33. The number of hydrogen-bond acceptors (Lipinski definition) is 4. The number of piperidine rings is 1. The summed E-state index contributed by atoms with van der Waals surface area (Å²) in [5.41, 5.74) is -1.23. The van der Waals surface area contributed by atoms with Crippen LogP contribution in [0.25, 0.3) is 0 Å². The number of methoxy groups -OCH3 is 1. The van der Waals surface area contributed by atoms with Crippen LogP contribution in [0.5, 0.6) is 0 Å². The molecule has 0 radical (unpaired) electrons. The van der Waals surface area contributed by atoms with Crippen molar-refractivity contribution in [3.63, 3.8) is 0 Å². The van der Waals surface area contributed by atoms with E-state index in [0.717, 1.165) is 13.1 Å². The van der Waals surface area contributed by atoms with Crippen molar-refractivity contribution < 1.29 is 14.6 Å². The smallest absolute Gasteiger partial charge is 0.337 e. The van der Waals surface area contributed by atoms with Crippen molar-refractivity contribution in [3.05, 3.63) is 0 Å². The van der Waals surface area contributed by atoms with Crippen molar-refractivity contribution in [2.24, 2.45) is 0 Å². The zero-order valence-corrected chi connectivity index (χ0v) is 8.76. The van der Waals surface area contributed by atoms with Gasteiger partial charge in [-0.05, 0) is 19.9 Å². The summed E-state index contributed by atoms with van der Waals surface area (Å²) >= 11 is 0. The highest BCUT2D eigenvalue weighted by molar-refractivity contribution is 5.85. The minimum absolute atomic E-state index is 0. The van der Waals surface area contributed by atoms with Gasteiger partial charge in [-0.3, -0.25) is 0 Å². The van der Waals surface area contributed by atoms with Crippen LogP contribution in [0.3, 0.4) is 0 Å². The van der Waals surface area contributed by atoms with Gasteiger partial charge in [0, 0.05) is 13.1 Å². The summed E-state index contributed by atoms with van der Waals surface area (Å²) in [5.74, 6) is -0.504. The van der Waals surface area contributed by atoms with Crippen LogP contribution in [-0.4, -0.2) is 48.8 Å². The van der Waals surface area contributed by atoms with E-state index < -0.39 is 11.6 Å². The topological polar surface area (TPSA) is 49.8 Å². The average molecular weight is 210 g/mol. The molecule has 1 fully saturated rings. The number of rotatable bonds is 1. The maximum absolute atomic E-state index is 11.1. The Kier molecular flexibility index (Phi) is 4.67. The van der Waals surface area contributed by atoms with Gasteiger partial charge in [-0.25, -0.2) is 4.79 Å². The van der Waals surface area contributed by atoms with Gasteiger partial charge in [0.1, 0.15) is 0 Å². The molecule has 1 saturated heterocycles. The SMILES string of the molecule is COC(=O)C1(O)CCN(C)CC1.Cl. The highest BCUT2D eigenvalue weighted by Crippen LogP contribution is 2.22. The molecule has 0 aromatic carbocycles. The largest absolute Gasteiger partial charge is 0.467 e. The standard InChI is InChI=1S/C8H15NO3.ClH/c1-9-5-3-8(11,4-6-9)7(10)12-2;/h11H,3-6H2,1-2H3;1H. The van der Waals surface area contributed by atoms with E-state index in [2.05, 4.69) is 9.64 Å². The van der Waals surface area contributed by atoms with Crippen molar-refractivity contribution >= 4 is 18.4 Å². The van der Waals surface area contributed by atoms with Crippen LogP contribution in [-0.2, 0) is 9.53 Å². The Bertz CT molecular complexity index is 178. The molecular weight excluding hydrogens is 194 g/mol. The van der Waals surface area contributed by atoms with Crippen LogP contribution in [0, 0.1) is 0 Å². The lowest BCUT2D eigenvalue weighted by atomic mass is 9.92. The predicted octanol–water partition coefficient (Wildman–Crippen LogP) is 0.0379. The fourth-order valence-corrected chi connectivity index (χ4v) is 1.38. The first-order valence-corrected chi connectivity index (χ1v) is 4.08. The average Bonchev–Trinajstić information content (AvgIpc) is 2.09. The van der Waals surface area contributed by atoms with Crippen molar-refractivity contribution in [1.29, 1.82) is 0 Å². The third-order valence-electron chi connectivity index (χ3n) is 2.38. The molecule has 0 amide bonds. The van der Waals surface area contributed by atoms with Gasteiger partial charge in [-0.2, -0.15) is 0 Å². The van der Waals surface area contributed by atoms with Gasteiger partial charge >= 0.3 is 5.97 Å². The highest BCUT2D eigenvalue weighted by Gasteiger charge is 2.39. The van der Waals surface area contributed by atoms with Crippen LogP contribution in [0.15, 0.2) is 0 Å². The lowest BCUT2D eigenvalue weighted by Gasteiger charge is -2.33. The number of halogens is 1. The Hall–Kier alpha value is -0.320. The van der Waals surface area contributed by atoms with E-state index in [9.17, 15) is 9.90 Å². The first kappa shape index (κ1) is 12.7. The molecule has 0 unspecified atom stereocenters. The third kappa shape index (κ3) is 2.83. The van der Waals surface area contributed by atoms with Gasteiger partial charge < -0.3 is 14.7 Å². The molecule has 1 aliphatic rings. The monoisotopic (exact) mass is 209 g/mol. The number of likely N-dealkylation sites (tertiary alicyclic amines) is 1. The molecule has 4 nitrogen and oxygen atoms in total. The van der Waals surface area contributed by atoms with Gasteiger partial charge in [0.15, 0.2) is 5.60 Å². The lowest BCUT2D eigenvalue weighted by molar-refractivity contribution is -0.166. The fraction of sp³-hybridized carbons (Fsp3) is 0.875. The molecule has 1 aliphatic heterocycles. The van der Waals surface area contributed by atoms with E-state index in [1.165, 1.54) is 7.11 Å². The van der Waals surface area contributed by atoms with Crippen molar-refractivity contribution in [1.82, 2.24) is 4.90 Å². The number of ether oxygens (including phenoxy) is 1. The second-order valence-electron chi connectivity index (χ2n) is 3.33. The van der Waals surface area contributed by atoms with Crippen LogP contribution < -0.4 is 0 Å². The molecule has 0 aromatic rings. The number of carbonyl (C=O) groups is 1. The van der Waals surface area contributed by atoms with E-state index >= 15 is 0 Å². The van der Waals surface area contributed by atoms with E-state index in [4.69, 9.17) is 0 Å². The summed E-state index contributed by atoms with van der Waals surface area (Å²) in [6, 6.07) is 0. The van der Waals surface area contributed by atoms with Crippen LogP contribution >= 0.6 is 12.4 Å². The van der Waals surface area contributed by atoms with Gasteiger partial charge in [0.25, 0.3) is 0 Å². The van der Waals surface area contributed by atoms with E-state index in [1.54, 1.807) is 0 Å². The summed E-state index contributed by atoms with van der Waals surface area (Å²) in [4.78, 5) is 13.2. The number of hydrogen-bond donors (Lipinski definition) is 1. The molecule has 1 N–H and O–H groups in total. The lowest BCUT2D eigenvalue weighted by Crippen LogP contribution is -2.48. The molecular formula is C8H16ClNO3. The highest BCUT2D eigenvalue weighted by atomic mass is 35.5. The number of nitrogens with zero attached hydrogens (tertiary/aromatic N) is 1. The number of esters is 1. The summed E-state index contributed by atoms with van der Waals surface area (Å²) in [6.07, 6.45) is 0.937. The molecule has 0 aliphatic carbocycles. The predicted molar refractivity (Wildman–Crippen MR) is 50.9 cm³/mol. The zero-order chi connectivity index (χ0) is 9.19. The quantitative estimate of drug-likeness (QED) is 0.620. The minimum Gasteiger partial charge on any atom is -0.467 e. The van der Waals surface area contributed by atoms with Crippen molar-refractivity contribution in [2.45, 2.75) is 18.4 Å². The van der Waals surface area contributed by atoms with Gasteiger partial charge in [-0.1, -0.05) is 0 Å². The molecule has 0 atom stereocenters. The van der Waals surface area contributed by atoms with Crippen LogP contribution in [0.4, 0.5) is 0 Å². The maximum atomic E-state index is 11.1. The molecule has 78 valence electrons. The molecule has 1 rings (SSSR count). The first-order chi connectivity index (χ1) is 5.58. The molecule has 5 heteroatoms. The summed E-state index contributed by atoms with van der Waals surface area (Å²) in [6.45, 7) is 1.48.